The molecule has 1 amide bonds. The third-order valence-electron chi connectivity index (χ3n) is 5.03. The summed E-state index contributed by atoms with van der Waals surface area (Å²) in [7, 11) is -0.618. The zero-order valence-electron chi connectivity index (χ0n) is 16.3. The monoisotopic (exact) mass is 452 g/mol. The fourth-order valence-electron chi connectivity index (χ4n) is 4.21. The van der Waals surface area contributed by atoms with Crippen LogP contribution in [-0.2, 0) is 32.9 Å². The third kappa shape index (κ3) is 4.83. The molecule has 0 spiro atoms. The number of carbonyl (C=O) groups excluding carboxylic acids is 1. The summed E-state index contributed by atoms with van der Waals surface area (Å²) in [6.07, 6.45) is 5.22. The molecular weight excluding hydrogens is 429 g/mol. The van der Waals surface area contributed by atoms with Crippen LogP contribution in [0.2, 0.25) is 13.1 Å². The van der Waals surface area contributed by atoms with Crippen LogP contribution in [0.5, 0.6) is 0 Å². The Kier molecular flexibility index (Phi) is 9.91. The molecule has 1 radical (unpaired) electrons. The molecule has 27 heavy (non-hydrogen) atoms. The Morgan fingerprint density at radius 3 is 2.37 bits per heavy atom. The Balaban J connectivity index is 0.00000225. The number of fused-ring (bicyclic) bond motifs is 1. The zero-order valence-corrected chi connectivity index (χ0v) is 20.4. The molecule has 2 aliphatic carbocycles. The van der Waals surface area contributed by atoms with Crippen molar-refractivity contribution < 1.29 is 51.3 Å². The molecule has 141 valence electrons. The van der Waals surface area contributed by atoms with E-state index in [1.165, 1.54) is 27.4 Å². The maximum Gasteiger partial charge on any atom is 3.00 e. The number of hydrogen-bond acceptors (Lipinski definition) is 1. The van der Waals surface area contributed by atoms with Crippen LogP contribution >= 0.6 is 0 Å². The van der Waals surface area contributed by atoms with Crippen LogP contribution in [-0.4, -0.2) is 19.5 Å². The second-order valence-corrected chi connectivity index (χ2v) is 9.70. The summed E-state index contributed by atoms with van der Waals surface area (Å²) in [4.78, 5) is 12.1. The van der Waals surface area contributed by atoms with Crippen molar-refractivity contribution in [1.29, 1.82) is 0 Å². The van der Waals surface area contributed by atoms with Crippen LogP contribution in [0, 0.1) is 5.92 Å². The van der Waals surface area contributed by atoms with Crippen LogP contribution in [0.4, 0.5) is 0 Å². The summed E-state index contributed by atoms with van der Waals surface area (Å²) in [5, 5.41) is 1.47. The number of amides is 1. The number of hydrogen-bond donors (Lipinski definition) is 0. The molecule has 0 heterocycles. The van der Waals surface area contributed by atoms with Crippen LogP contribution in [0.1, 0.15) is 37.5 Å². The molecule has 2 nitrogen and oxygen atoms in total. The van der Waals surface area contributed by atoms with Crippen LogP contribution in [0.25, 0.3) is 17.4 Å². The molecule has 1 atom stereocenters. The van der Waals surface area contributed by atoms with Gasteiger partial charge in [0.05, 0.1) is 5.91 Å². The van der Waals surface area contributed by atoms with E-state index in [1.807, 2.05) is 6.08 Å². The van der Waals surface area contributed by atoms with E-state index in [4.69, 9.17) is 5.73 Å². The van der Waals surface area contributed by atoms with Gasteiger partial charge in [0.15, 0.2) is 0 Å². The molecule has 0 aromatic heterocycles. The molecule has 3 rings (SSSR count). The van der Waals surface area contributed by atoms with E-state index in [2.05, 4.69) is 58.1 Å². The molecule has 0 saturated heterocycles. The van der Waals surface area contributed by atoms with Gasteiger partial charge in [0.25, 0.3) is 0 Å². The van der Waals surface area contributed by atoms with Gasteiger partial charge in [-0.2, -0.15) is 0 Å². The Morgan fingerprint density at radius 2 is 1.81 bits per heavy atom. The normalized spacial score (nSPS) is 17.7. The third-order valence-corrected chi connectivity index (χ3v) is 6.94. The number of carbonyl (C=O) groups is 1. The average Bonchev–Trinajstić information content (AvgIpc) is 2.86. The number of halogens is 2. The van der Waals surface area contributed by atoms with E-state index >= 15 is 0 Å². The zero-order chi connectivity index (χ0) is 17.6. The summed E-state index contributed by atoms with van der Waals surface area (Å²) in [6, 6.07) is 6.35. The van der Waals surface area contributed by atoms with Gasteiger partial charge >= 0.3 is 21.7 Å². The Hall–Kier alpha value is -0.709. The quantitative estimate of drug-likeness (QED) is 0.535. The maximum absolute atomic E-state index is 12.1. The van der Waals surface area contributed by atoms with Crippen LogP contribution < -0.4 is 24.8 Å². The molecular formula is C21H24Cl2NOSiTi. The van der Waals surface area contributed by atoms with Gasteiger partial charge in [-0.05, 0) is 54.0 Å². The fourth-order valence-corrected chi connectivity index (χ4v) is 6.08. The van der Waals surface area contributed by atoms with Gasteiger partial charge in [-0.3, -0.25) is 0 Å². The first-order chi connectivity index (χ1) is 11.3. The average molecular weight is 453 g/mol. The van der Waals surface area contributed by atoms with Crippen molar-refractivity contribution in [1.82, 2.24) is 0 Å². The second kappa shape index (κ2) is 10.2. The van der Waals surface area contributed by atoms with E-state index < -0.39 is 14.3 Å². The topological polar surface area (TPSA) is 40.9 Å². The van der Waals surface area contributed by atoms with Gasteiger partial charge in [0, 0.05) is 14.0 Å². The second-order valence-electron chi connectivity index (χ2n) is 7.16. The van der Waals surface area contributed by atoms with Gasteiger partial charge < -0.3 is 35.3 Å². The first kappa shape index (κ1) is 26.3. The van der Waals surface area contributed by atoms with Crippen molar-refractivity contribution >= 4 is 31.1 Å². The number of nitrogens with one attached hydrogen (secondary N) is 1. The minimum Gasteiger partial charge on any atom is -1.00 e. The van der Waals surface area contributed by atoms with Gasteiger partial charge in [-0.15, -0.1) is 0 Å². The molecule has 0 bridgehead atoms. The van der Waals surface area contributed by atoms with Crippen molar-refractivity contribution in [2.75, 3.05) is 0 Å². The summed E-state index contributed by atoms with van der Waals surface area (Å²) < 4.78 is 0. The van der Waals surface area contributed by atoms with E-state index in [0.29, 0.717) is 5.57 Å². The molecule has 1 aromatic carbocycles. The van der Waals surface area contributed by atoms with Crippen LogP contribution in [0.3, 0.4) is 0 Å². The first-order valence-electron chi connectivity index (χ1n) is 8.47. The smallest absolute Gasteiger partial charge is 1.00 e. The maximum atomic E-state index is 12.1. The van der Waals surface area contributed by atoms with Crippen molar-refractivity contribution in [2.24, 2.45) is 5.92 Å². The number of allylic oxidation sites excluding steroid dienone is 3. The molecule has 0 fully saturated rings. The first-order valence-corrected chi connectivity index (χ1v) is 11.0. The van der Waals surface area contributed by atoms with Crippen LogP contribution in [0.15, 0.2) is 41.0 Å². The van der Waals surface area contributed by atoms with Gasteiger partial charge in [0.1, 0.15) is 0 Å². The van der Waals surface area contributed by atoms with Crippen molar-refractivity contribution in [2.45, 2.75) is 40.3 Å². The summed E-state index contributed by atoms with van der Waals surface area (Å²) in [5.74, 6) is -0.330. The Bertz CT molecular complexity index is 880. The van der Waals surface area contributed by atoms with E-state index in [1.54, 1.807) is 0 Å². The molecule has 1 N–H and O–H groups in total. The van der Waals surface area contributed by atoms with Crippen molar-refractivity contribution in [3.8, 4) is 0 Å². The fraction of sp³-hybridized carbons (Fsp3) is 0.333. The number of rotatable bonds is 2. The minimum absolute atomic E-state index is 0. The van der Waals surface area contributed by atoms with Crippen molar-refractivity contribution in [3.05, 3.63) is 63.4 Å². The van der Waals surface area contributed by atoms with E-state index in [-0.39, 0.29) is 52.4 Å². The molecule has 0 aliphatic heterocycles. The van der Waals surface area contributed by atoms with E-state index in [9.17, 15) is 4.79 Å². The van der Waals surface area contributed by atoms with Crippen molar-refractivity contribution in [3.63, 3.8) is 0 Å². The SMILES string of the molecule is CC1=Cc2c(cccc2C2=C(C)C(=[Si](C)C)C(C)C=C2C([NH-])=O)C1.[Cl-].[Cl-].[Ti+3]. The molecule has 1 unspecified atom stereocenters. The number of benzene rings is 1. The Morgan fingerprint density at radius 1 is 1.19 bits per heavy atom. The van der Waals surface area contributed by atoms with Gasteiger partial charge in [0.2, 0.25) is 0 Å². The molecule has 2 aliphatic rings. The standard InChI is InChI=1S/C21H25NOSi.2ClH.Ti/c1-12-9-15-7-6-8-16(17(15)10-12)19-14(3)20(24(4)5)13(2)11-18(19)21(22)23;;;/h6-8,10-11,13H,9H2,1-5H3,(H2,22,23);2*1H;/q;;;+3/p-3. The van der Waals surface area contributed by atoms with E-state index in [0.717, 1.165) is 17.6 Å². The minimum atomic E-state index is -0.618. The van der Waals surface area contributed by atoms with Gasteiger partial charge in [-0.25, -0.2) is 0 Å². The largest absolute Gasteiger partial charge is 3.00 e. The molecule has 6 heteroatoms. The molecule has 0 saturated carbocycles. The Labute approximate surface area is 191 Å². The van der Waals surface area contributed by atoms with Gasteiger partial charge in [-0.1, -0.05) is 61.1 Å². The predicted molar refractivity (Wildman–Crippen MR) is 105 cm³/mol. The summed E-state index contributed by atoms with van der Waals surface area (Å²) in [5.41, 5.74) is 15.6. The molecule has 1 aromatic rings. The summed E-state index contributed by atoms with van der Waals surface area (Å²) in [6.45, 7) is 11.0. The summed E-state index contributed by atoms with van der Waals surface area (Å²) >= 11 is 0. The predicted octanol–water partition coefficient (Wildman–Crippen LogP) is -0.912.